The Hall–Kier alpha value is -1.40. The number of hydrogen-bond donors (Lipinski definition) is 3. The maximum absolute atomic E-state index is 8.89. The fourth-order valence-corrected chi connectivity index (χ4v) is 1.00. The van der Waals surface area contributed by atoms with Crippen LogP contribution in [0.25, 0.3) is 0 Å². The zero-order valence-corrected chi connectivity index (χ0v) is 8.88. The van der Waals surface area contributed by atoms with Gasteiger partial charge < -0.3 is 20.4 Å². The zero-order chi connectivity index (χ0) is 11.3. The molecule has 1 rings (SSSR count). The van der Waals surface area contributed by atoms with Crippen molar-refractivity contribution in [2.75, 3.05) is 37.5 Å². The molecule has 0 unspecified atom stereocenters. The van der Waals surface area contributed by atoms with Crippen molar-refractivity contribution < 1.29 is 10.2 Å². The molecule has 6 nitrogen and oxygen atoms in total. The molecule has 0 bridgehead atoms. The molecule has 0 aliphatic heterocycles. The van der Waals surface area contributed by atoms with Crippen LogP contribution in [0.5, 0.6) is 0 Å². The van der Waals surface area contributed by atoms with Crippen molar-refractivity contribution in [2.45, 2.75) is 6.04 Å². The summed E-state index contributed by atoms with van der Waals surface area (Å²) in [7, 11) is 3.68. The molecule has 1 aromatic rings. The van der Waals surface area contributed by atoms with Gasteiger partial charge in [-0.25, -0.2) is 4.98 Å². The van der Waals surface area contributed by atoms with Gasteiger partial charge in [0, 0.05) is 20.3 Å². The summed E-state index contributed by atoms with van der Waals surface area (Å²) in [6, 6.07) is 1.29. The summed E-state index contributed by atoms with van der Waals surface area (Å²) in [4.78, 5) is 10.0. The van der Waals surface area contributed by atoms with Gasteiger partial charge >= 0.3 is 0 Å². The third-order valence-electron chi connectivity index (χ3n) is 1.84. The molecule has 0 saturated heterocycles. The Bertz CT molecular complexity index is 302. The van der Waals surface area contributed by atoms with E-state index in [9.17, 15) is 0 Å². The van der Waals surface area contributed by atoms with E-state index in [-0.39, 0.29) is 13.2 Å². The molecule has 0 saturated carbocycles. The predicted octanol–water partition coefficient (Wildman–Crippen LogP) is -0.692. The predicted molar refractivity (Wildman–Crippen MR) is 57.9 cm³/mol. The van der Waals surface area contributed by atoms with E-state index in [2.05, 4.69) is 15.3 Å². The minimum Gasteiger partial charge on any atom is -0.394 e. The van der Waals surface area contributed by atoms with Crippen molar-refractivity contribution in [1.29, 1.82) is 0 Å². The second-order valence-corrected chi connectivity index (χ2v) is 3.34. The first-order chi connectivity index (χ1) is 7.17. The molecule has 84 valence electrons. The van der Waals surface area contributed by atoms with E-state index in [1.807, 2.05) is 14.1 Å². The average molecular weight is 212 g/mol. The lowest BCUT2D eigenvalue weighted by atomic mass is 10.3. The SMILES string of the molecule is CN(C)c1nccc(NC(CO)CO)n1. The first-order valence-electron chi connectivity index (χ1n) is 4.66. The summed E-state index contributed by atoms with van der Waals surface area (Å²) < 4.78 is 0. The maximum Gasteiger partial charge on any atom is 0.226 e. The molecule has 0 aromatic carbocycles. The molecule has 0 amide bonds. The van der Waals surface area contributed by atoms with Gasteiger partial charge in [-0.05, 0) is 6.07 Å². The van der Waals surface area contributed by atoms with Crippen LogP contribution in [-0.4, -0.2) is 53.5 Å². The van der Waals surface area contributed by atoms with Gasteiger partial charge in [-0.1, -0.05) is 0 Å². The van der Waals surface area contributed by atoms with Gasteiger partial charge in [0.05, 0.1) is 19.3 Å². The third-order valence-corrected chi connectivity index (χ3v) is 1.84. The van der Waals surface area contributed by atoms with Crippen LogP contribution in [0, 0.1) is 0 Å². The summed E-state index contributed by atoms with van der Waals surface area (Å²) in [5, 5.41) is 20.7. The fraction of sp³-hybridized carbons (Fsp3) is 0.556. The molecular formula is C9H16N4O2. The maximum atomic E-state index is 8.89. The number of aromatic nitrogens is 2. The molecule has 0 fully saturated rings. The normalized spacial score (nSPS) is 10.5. The Morgan fingerprint density at radius 2 is 2.07 bits per heavy atom. The molecule has 0 spiro atoms. The summed E-state index contributed by atoms with van der Waals surface area (Å²) in [6.45, 7) is -0.282. The van der Waals surface area contributed by atoms with E-state index >= 15 is 0 Å². The Balaban J connectivity index is 2.72. The molecule has 0 aliphatic carbocycles. The summed E-state index contributed by atoms with van der Waals surface area (Å²) in [5.74, 6) is 1.16. The van der Waals surface area contributed by atoms with Gasteiger partial charge in [0.25, 0.3) is 0 Å². The number of aliphatic hydroxyl groups is 2. The van der Waals surface area contributed by atoms with E-state index in [1.165, 1.54) is 0 Å². The summed E-state index contributed by atoms with van der Waals surface area (Å²) >= 11 is 0. The van der Waals surface area contributed by atoms with Gasteiger partial charge in [0.15, 0.2) is 0 Å². The largest absolute Gasteiger partial charge is 0.394 e. The van der Waals surface area contributed by atoms with Gasteiger partial charge in [0.1, 0.15) is 5.82 Å². The van der Waals surface area contributed by atoms with Gasteiger partial charge in [0.2, 0.25) is 5.95 Å². The Morgan fingerprint density at radius 3 is 2.60 bits per heavy atom. The summed E-state index contributed by atoms with van der Waals surface area (Å²) in [6.07, 6.45) is 1.62. The monoisotopic (exact) mass is 212 g/mol. The third kappa shape index (κ3) is 3.34. The Labute approximate surface area is 88.6 Å². The number of nitrogens with zero attached hydrogens (tertiary/aromatic N) is 3. The minimum atomic E-state index is -0.394. The standard InChI is InChI=1S/C9H16N4O2/c1-13(2)9-10-4-3-8(12-9)11-7(5-14)6-15/h3-4,7,14-15H,5-6H2,1-2H3,(H,10,11,12). The second kappa shape index (κ2) is 5.47. The minimum absolute atomic E-state index is 0.141. The van der Waals surface area contributed by atoms with E-state index in [1.54, 1.807) is 17.2 Å². The lowest BCUT2D eigenvalue weighted by Gasteiger charge is -2.15. The molecule has 0 radical (unpaired) electrons. The quantitative estimate of drug-likeness (QED) is 0.599. The van der Waals surface area contributed by atoms with E-state index in [0.29, 0.717) is 11.8 Å². The fourth-order valence-electron chi connectivity index (χ4n) is 1.00. The van der Waals surface area contributed by atoms with Crippen LogP contribution >= 0.6 is 0 Å². The van der Waals surface area contributed by atoms with E-state index in [0.717, 1.165) is 0 Å². The molecule has 1 aromatic heterocycles. The van der Waals surface area contributed by atoms with Crippen molar-refractivity contribution in [3.63, 3.8) is 0 Å². The van der Waals surface area contributed by atoms with Gasteiger partial charge in [-0.15, -0.1) is 0 Å². The smallest absolute Gasteiger partial charge is 0.226 e. The molecule has 1 heterocycles. The lowest BCUT2D eigenvalue weighted by Crippen LogP contribution is -2.28. The Morgan fingerprint density at radius 1 is 1.40 bits per heavy atom. The molecular weight excluding hydrogens is 196 g/mol. The van der Waals surface area contributed by atoms with E-state index in [4.69, 9.17) is 10.2 Å². The van der Waals surface area contributed by atoms with Crippen molar-refractivity contribution in [3.05, 3.63) is 12.3 Å². The van der Waals surface area contributed by atoms with Crippen LogP contribution in [0.4, 0.5) is 11.8 Å². The van der Waals surface area contributed by atoms with Crippen LogP contribution in [0.3, 0.4) is 0 Å². The van der Waals surface area contributed by atoms with E-state index < -0.39 is 6.04 Å². The zero-order valence-electron chi connectivity index (χ0n) is 8.88. The number of hydrogen-bond acceptors (Lipinski definition) is 6. The van der Waals surface area contributed by atoms with Crippen molar-refractivity contribution in [1.82, 2.24) is 9.97 Å². The van der Waals surface area contributed by atoms with Crippen LogP contribution in [0.2, 0.25) is 0 Å². The highest BCUT2D eigenvalue weighted by Gasteiger charge is 2.07. The molecule has 15 heavy (non-hydrogen) atoms. The molecule has 6 heteroatoms. The topological polar surface area (TPSA) is 81.5 Å². The van der Waals surface area contributed by atoms with Crippen LogP contribution in [-0.2, 0) is 0 Å². The molecule has 0 atom stereocenters. The molecule has 3 N–H and O–H groups in total. The highest BCUT2D eigenvalue weighted by atomic mass is 16.3. The summed E-state index contributed by atoms with van der Waals surface area (Å²) in [5.41, 5.74) is 0. The van der Waals surface area contributed by atoms with Crippen molar-refractivity contribution in [2.24, 2.45) is 0 Å². The van der Waals surface area contributed by atoms with Gasteiger partial charge in [-0.2, -0.15) is 4.98 Å². The average Bonchev–Trinajstić information content (AvgIpc) is 2.26. The Kier molecular flexibility index (Phi) is 4.26. The highest BCUT2D eigenvalue weighted by molar-refractivity contribution is 5.41. The highest BCUT2D eigenvalue weighted by Crippen LogP contribution is 2.08. The van der Waals surface area contributed by atoms with Crippen molar-refractivity contribution >= 4 is 11.8 Å². The number of aliphatic hydroxyl groups excluding tert-OH is 2. The number of rotatable bonds is 5. The first kappa shape index (κ1) is 11.7. The van der Waals surface area contributed by atoms with Gasteiger partial charge in [-0.3, -0.25) is 0 Å². The lowest BCUT2D eigenvalue weighted by molar-refractivity contribution is 0.203. The van der Waals surface area contributed by atoms with Crippen molar-refractivity contribution in [3.8, 4) is 0 Å². The number of anilines is 2. The van der Waals surface area contributed by atoms with Crippen LogP contribution in [0.15, 0.2) is 12.3 Å². The second-order valence-electron chi connectivity index (χ2n) is 3.34. The van der Waals surface area contributed by atoms with Crippen LogP contribution < -0.4 is 10.2 Å². The molecule has 0 aliphatic rings. The first-order valence-corrected chi connectivity index (χ1v) is 4.66. The van der Waals surface area contributed by atoms with Crippen LogP contribution in [0.1, 0.15) is 0 Å². The number of nitrogens with one attached hydrogen (secondary N) is 1.